The highest BCUT2D eigenvalue weighted by atomic mass is 16.5. The van der Waals surface area contributed by atoms with Gasteiger partial charge in [0.1, 0.15) is 0 Å². The van der Waals surface area contributed by atoms with Crippen LogP contribution in [0.1, 0.15) is 31.7 Å². The van der Waals surface area contributed by atoms with Crippen LogP contribution in [-0.4, -0.2) is 53.9 Å². The first-order chi connectivity index (χ1) is 11.6. The first kappa shape index (κ1) is 17.4. The van der Waals surface area contributed by atoms with E-state index in [-0.39, 0.29) is 18.6 Å². The highest BCUT2D eigenvalue weighted by Crippen LogP contribution is 2.39. The number of rotatable bonds is 7. The first-order valence-electron chi connectivity index (χ1n) is 8.89. The number of ether oxygens (including phenoxy) is 1. The van der Waals surface area contributed by atoms with Gasteiger partial charge in [-0.15, -0.1) is 0 Å². The molecule has 1 aromatic carbocycles. The van der Waals surface area contributed by atoms with Crippen LogP contribution in [0, 0.1) is 5.92 Å². The Morgan fingerprint density at radius 1 is 1.38 bits per heavy atom. The van der Waals surface area contributed by atoms with Gasteiger partial charge in [-0.2, -0.15) is 0 Å². The molecule has 2 unspecified atom stereocenters. The van der Waals surface area contributed by atoms with E-state index in [1.54, 1.807) is 0 Å². The van der Waals surface area contributed by atoms with Crippen LogP contribution < -0.4 is 5.32 Å². The minimum absolute atomic E-state index is 0.00490. The molecule has 132 valence electrons. The molecule has 1 aliphatic heterocycles. The first-order valence-corrected chi connectivity index (χ1v) is 8.89. The molecule has 1 aromatic rings. The number of aliphatic hydroxyl groups excluding tert-OH is 1. The number of benzene rings is 1. The van der Waals surface area contributed by atoms with Gasteiger partial charge in [-0.25, -0.2) is 0 Å². The molecule has 3 rings (SSSR count). The van der Waals surface area contributed by atoms with Gasteiger partial charge in [-0.3, -0.25) is 9.69 Å². The molecule has 0 spiro atoms. The number of nitrogens with one attached hydrogen (secondary N) is 1. The predicted octanol–water partition coefficient (Wildman–Crippen LogP) is 1.55. The fourth-order valence-corrected chi connectivity index (χ4v) is 3.46. The van der Waals surface area contributed by atoms with Crippen molar-refractivity contribution in [3.8, 4) is 0 Å². The summed E-state index contributed by atoms with van der Waals surface area (Å²) in [6.07, 6.45) is 2.45. The SMILES string of the molecule is CC(CO)(NC(=O)CC1CN(Cc2ccccc2)CCO1)C1CC1. The summed E-state index contributed by atoms with van der Waals surface area (Å²) in [6, 6.07) is 10.4. The van der Waals surface area contributed by atoms with Crippen LogP contribution in [0.5, 0.6) is 0 Å². The quantitative estimate of drug-likeness (QED) is 0.795. The lowest BCUT2D eigenvalue weighted by atomic mass is 9.96. The molecule has 0 aromatic heterocycles. The van der Waals surface area contributed by atoms with Crippen molar-refractivity contribution in [1.29, 1.82) is 0 Å². The molecule has 1 heterocycles. The minimum atomic E-state index is -0.477. The maximum atomic E-state index is 12.4. The maximum Gasteiger partial charge on any atom is 0.223 e. The van der Waals surface area contributed by atoms with Gasteiger partial charge < -0.3 is 15.2 Å². The summed E-state index contributed by atoms with van der Waals surface area (Å²) in [5.74, 6) is 0.387. The number of amides is 1. The highest BCUT2D eigenvalue weighted by Gasteiger charge is 2.42. The summed E-state index contributed by atoms with van der Waals surface area (Å²) in [5.41, 5.74) is 0.805. The Labute approximate surface area is 144 Å². The number of hydrogen-bond donors (Lipinski definition) is 2. The molecule has 2 fully saturated rings. The van der Waals surface area contributed by atoms with Crippen molar-refractivity contribution in [2.45, 2.75) is 44.4 Å². The van der Waals surface area contributed by atoms with E-state index < -0.39 is 5.54 Å². The molecule has 24 heavy (non-hydrogen) atoms. The average molecular weight is 332 g/mol. The molecule has 5 heteroatoms. The standard InChI is InChI=1S/C19H28N2O3/c1-19(14-22,16-7-8-16)20-18(23)11-17-13-21(9-10-24-17)12-15-5-3-2-4-6-15/h2-6,16-17,22H,7-14H2,1H3,(H,20,23). The summed E-state index contributed by atoms with van der Waals surface area (Å²) in [4.78, 5) is 14.7. The third kappa shape index (κ3) is 4.56. The van der Waals surface area contributed by atoms with Gasteiger partial charge in [0.05, 0.1) is 31.3 Å². The van der Waals surface area contributed by atoms with Gasteiger partial charge in [0.15, 0.2) is 0 Å². The molecular formula is C19H28N2O3. The van der Waals surface area contributed by atoms with Crippen molar-refractivity contribution in [2.75, 3.05) is 26.3 Å². The number of morpholine rings is 1. The average Bonchev–Trinajstić information content (AvgIpc) is 3.41. The third-order valence-electron chi connectivity index (χ3n) is 5.12. The van der Waals surface area contributed by atoms with E-state index in [1.165, 1.54) is 5.56 Å². The molecule has 1 amide bonds. The zero-order chi connectivity index (χ0) is 17.0. The summed E-state index contributed by atoms with van der Waals surface area (Å²) < 4.78 is 5.78. The van der Waals surface area contributed by atoms with Gasteiger partial charge in [0.2, 0.25) is 5.91 Å². The summed E-state index contributed by atoms with van der Waals surface area (Å²) >= 11 is 0. The van der Waals surface area contributed by atoms with Crippen molar-refractivity contribution < 1.29 is 14.6 Å². The molecule has 0 radical (unpaired) electrons. The monoisotopic (exact) mass is 332 g/mol. The smallest absolute Gasteiger partial charge is 0.223 e. The van der Waals surface area contributed by atoms with Crippen LogP contribution in [0.4, 0.5) is 0 Å². The highest BCUT2D eigenvalue weighted by molar-refractivity contribution is 5.77. The predicted molar refractivity (Wildman–Crippen MR) is 92.4 cm³/mol. The van der Waals surface area contributed by atoms with E-state index in [2.05, 4.69) is 22.3 Å². The normalized spacial score (nSPS) is 24.3. The van der Waals surface area contributed by atoms with Gasteiger partial charge in [-0.1, -0.05) is 30.3 Å². The van der Waals surface area contributed by atoms with Gasteiger partial charge >= 0.3 is 0 Å². The maximum absolute atomic E-state index is 12.4. The molecular weight excluding hydrogens is 304 g/mol. The second-order valence-corrected chi connectivity index (χ2v) is 7.32. The minimum Gasteiger partial charge on any atom is -0.394 e. The number of nitrogens with zero attached hydrogens (tertiary/aromatic N) is 1. The number of carbonyl (C=O) groups excluding carboxylic acids is 1. The summed E-state index contributed by atoms with van der Waals surface area (Å²) in [5, 5.41) is 12.6. The summed E-state index contributed by atoms with van der Waals surface area (Å²) in [6.45, 7) is 5.13. The molecule has 1 saturated heterocycles. The Hall–Kier alpha value is -1.43. The fourth-order valence-electron chi connectivity index (χ4n) is 3.46. The lowest BCUT2D eigenvalue weighted by Gasteiger charge is -2.34. The van der Waals surface area contributed by atoms with E-state index in [1.807, 2.05) is 25.1 Å². The van der Waals surface area contributed by atoms with Crippen LogP contribution in [0.25, 0.3) is 0 Å². The second-order valence-electron chi connectivity index (χ2n) is 7.32. The molecule has 5 nitrogen and oxygen atoms in total. The van der Waals surface area contributed by atoms with Gasteiger partial charge in [0, 0.05) is 19.6 Å². The zero-order valence-electron chi connectivity index (χ0n) is 14.4. The molecule has 1 aliphatic carbocycles. The number of hydrogen-bond acceptors (Lipinski definition) is 4. The lowest BCUT2D eigenvalue weighted by Crippen LogP contribution is -2.52. The number of carbonyl (C=O) groups is 1. The van der Waals surface area contributed by atoms with Crippen molar-refractivity contribution >= 4 is 5.91 Å². The van der Waals surface area contributed by atoms with Crippen molar-refractivity contribution in [2.24, 2.45) is 5.92 Å². The van der Waals surface area contributed by atoms with E-state index >= 15 is 0 Å². The van der Waals surface area contributed by atoms with E-state index in [0.29, 0.717) is 18.9 Å². The van der Waals surface area contributed by atoms with E-state index in [4.69, 9.17) is 4.74 Å². The van der Waals surface area contributed by atoms with Crippen LogP contribution in [0.15, 0.2) is 30.3 Å². The molecule has 2 aliphatic rings. The Morgan fingerprint density at radius 3 is 2.79 bits per heavy atom. The lowest BCUT2D eigenvalue weighted by molar-refractivity contribution is -0.128. The third-order valence-corrected chi connectivity index (χ3v) is 5.12. The Balaban J connectivity index is 1.49. The molecule has 1 saturated carbocycles. The molecule has 2 atom stereocenters. The van der Waals surface area contributed by atoms with E-state index in [0.717, 1.165) is 32.5 Å². The second kappa shape index (κ2) is 7.64. The van der Waals surface area contributed by atoms with Crippen molar-refractivity contribution in [1.82, 2.24) is 10.2 Å². The Morgan fingerprint density at radius 2 is 2.12 bits per heavy atom. The van der Waals surface area contributed by atoms with Crippen molar-refractivity contribution in [3.05, 3.63) is 35.9 Å². The Kier molecular flexibility index (Phi) is 5.54. The van der Waals surface area contributed by atoms with E-state index in [9.17, 15) is 9.90 Å². The molecule has 2 N–H and O–H groups in total. The zero-order valence-corrected chi connectivity index (χ0v) is 14.4. The molecule has 0 bridgehead atoms. The summed E-state index contributed by atoms with van der Waals surface area (Å²) in [7, 11) is 0. The largest absolute Gasteiger partial charge is 0.394 e. The topological polar surface area (TPSA) is 61.8 Å². The fraction of sp³-hybridized carbons (Fsp3) is 0.632. The number of aliphatic hydroxyl groups is 1. The van der Waals surface area contributed by atoms with Crippen LogP contribution >= 0.6 is 0 Å². The van der Waals surface area contributed by atoms with Gasteiger partial charge in [-0.05, 0) is 31.2 Å². The Bertz CT molecular complexity index is 547. The van der Waals surface area contributed by atoms with Crippen LogP contribution in [0.2, 0.25) is 0 Å². The van der Waals surface area contributed by atoms with Crippen molar-refractivity contribution in [3.63, 3.8) is 0 Å². The van der Waals surface area contributed by atoms with Crippen LogP contribution in [0.3, 0.4) is 0 Å². The van der Waals surface area contributed by atoms with Crippen LogP contribution in [-0.2, 0) is 16.1 Å². The van der Waals surface area contributed by atoms with Gasteiger partial charge in [0.25, 0.3) is 0 Å².